The molecule has 4 rings (SSSR count). The van der Waals surface area contributed by atoms with Gasteiger partial charge in [-0.05, 0) is 36.5 Å². The third-order valence-corrected chi connectivity index (χ3v) is 5.40. The largest absolute Gasteiger partial charge is 0.497 e. The molecule has 0 bridgehead atoms. The van der Waals surface area contributed by atoms with Gasteiger partial charge in [0, 0.05) is 13.1 Å². The quantitative estimate of drug-likeness (QED) is 0.775. The molecule has 0 spiro atoms. The van der Waals surface area contributed by atoms with Gasteiger partial charge in [-0.25, -0.2) is 0 Å². The summed E-state index contributed by atoms with van der Waals surface area (Å²) < 4.78 is 17.2. The predicted molar refractivity (Wildman–Crippen MR) is 103 cm³/mol. The average molecular weight is 369 g/mol. The average Bonchev–Trinajstić information content (AvgIpc) is 3.26. The van der Waals surface area contributed by atoms with Gasteiger partial charge < -0.3 is 19.1 Å². The Hall–Kier alpha value is -2.34. The highest BCUT2D eigenvalue weighted by molar-refractivity contribution is 5.40. The Morgan fingerprint density at radius 1 is 1.22 bits per heavy atom. The Balaban J connectivity index is 1.42. The molecule has 6 nitrogen and oxygen atoms in total. The second-order valence-electron chi connectivity index (χ2n) is 7.26. The monoisotopic (exact) mass is 369 g/mol. The summed E-state index contributed by atoms with van der Waals surface area (Å²) in [7, 11) is 1.68. The van der Waals surface area contributed by atoms with Crippen LogP contribution in [0.1, 0.15) is 37.4 Å². The molecule has 1 aromatic carbocycles. The van der Waals surface area contributed by atoms with E-state index in [0.717, 1.165) is 36.8 Å². The van der Waals surface area contributed by atoms with Crippen molar-refractivity contribution in [2.45, 2.75) is 31.8 Å². The predicted octanol–water partition coefficient (Wildman–Crippen LogP) is 3.63. The van der Waals surface area contributed by atoms with Gasteiger partial charge in [0.2, 0.25) is 5.88 Å². The molecule has 0 radical (unpaired) electrons. The number of benzene rings is 1. The number of methoxy groups -OCH3 is 1. The Labute approximate surface area is 160 Å². The van der Waals surface area contributed by atoms with Crippen LogP contribution in [0, 0.1) is 5.92 Å². The van der Waals surface area contributed by atoms with Gasteiger partial charge in [-0.2, -0.15) is 4.98 Å². The number of anilines is 1. The molecular formula is C21H27N3O3. The summed E-state index contributed by atoms with van der Waals surface area (Å²) >= 11 is 0. The summed E-state index contributed by atoms with van der Waals surface area (Å²) in [6.07, 6.45) is 8.66. The number of rotatable bonds is 6. The third-order valence-electron chi connectivity index (χ3n) is 5.40. The standard InChI is InChI=1S/C21H27N3O3/c1-25-18-8-4-7-17(11-18)19-14-24(9-10-26-19)20-12-22-13-21(23-20)27-15-16-5-2-3-6-16/h4,7-8,11-13,16,19H,2-3,5-6,9-10,14-15H2,1H3. The molecule has 2 aromatic rings. The van der Waals surface area contributed by atoms with E-state index < -0.39 is 0 Å². The highest BCUT2D eigenvalue weighted by Gasteiger charge is 2.24. The van der Waals surface area contributed by atoms with Crippen LogP contribution in [0.5, 0.6) is 11.6 Å². The van der Waals surface area contributed by atoms with Crippen LogP contribution < -0.4 is 14.4 Å². The van der Waals surface area contributed by atoms with E-state index in [1.165, 1.54) is 25.7 Å². The first kappa shape index (κ1) is 18.0. The zero-order chi connectivity index (χ0) is 18.5. The van der Waals surface area contributed by atoms with E-state index in [0.29, 0.717) is 18.4 Å². The molecule has 1 atom stereocenters. The lowest BCUT2D eigenvalue weighted by Crippen LogP contribution is -2.39. The van der Waals surface area contributed by atoms with Crippen LogP contribution >= 0.6 is 0 Å². The lowest BCUT2D eigenvalue weighted by molar-refractivity contribution is 0.0393. The van der Waals surface area contributed by atoms with Crippen LogP contribution in [0.25, 0.3) is 0 Å². The van der Waals surface area contributed by atoms with Crippen LogP contribution in [0.15, 0.2) is 36.7 Å². The first-order valence-electron chi connectivity index (χ1n) is 9.77. The second kappa shape index (κ2) is 8.57. The fourth-order valence-corrected chi connectivity index (χ4v) is 3.84. The van der Waals surface area contributed by atoms with Gasteiger partial charge in [0.25, 0.3) is 0 Å². The van der Waals surface area contributed by atoms with Crippen molar-refractivity contribution in [3.63, 3.8) is 0 Å². The molecule has 144 valence electrons. The van der Waals surface area contributed by atoms with Gasteiger partial charge in [0.1, 0.15) is 11.9 Å². The maximum absolute atomic E-state index is 5.98. The molecule has 1 aliphatic heterocycles. The minimum atomic E-state index is -0.0151. The van der Waals surface area contributed by atoms with Crippen molar-refractivity contribution in [3.8, 4) is 11.6 Å². The number of morpholine rings is 1. The van der Waals surface area contributed by atoms with Crippen molar-refractivity contribution >= 4 is 5.82 Å². The number of hydrogen-bond donors (Lipinski definition) is 0. The normalized spacial score (nSPS) is 20.6. The van der Waals surface area contributed by atoms with Crippen LogP contribution in [-0.2, 0) is 4.74 Å². The van der Waals surface area contributed by atoms with E-state index in [-0.39, 0.29) is 6.10 Å². The van der Waals surface area contributed by atoms with Crippen molar-refractivity contribution in [3.05, 3.63) is 42.2 Å². The fourth-order valence-electron chi connectivity index (χ4n) is 3.84. The summed E-state index contributed by atoms with van der Waals surface area (Å²) in [6.45, 7) is 2.92. The Bertz CT molecular complexity index is 749. The van der Waals surface area contributed by atoms with Crippen LogP contribution in [0.3, 0.4) is 0 Å². The maximum Gasteiger partial charge on any atom is 0.234 e. The highest BCUT2D eigenvalue weighted by Crippen LogP contribution is 2.28. The Morgan fingerprint density at radius 3 is 2.96 bits per heavy atom. The molecule has 2 fully saturated rings. The smallest absolute Gasteiger partial charge is 0.234 e. The van der Waals surface area contributed by atoms with Crippen LogP contribution in [0.2, 0.25) is 0 Å². The van der Waals surface area contributed by atoms with Crippen molar-refractivity contribution in [2.24, 2.45) is 5.92 Å². The van der Waals surface area contributed by atoms with E-state index in [1.807, 2.05) is 18.2 Å². The van der Waals surface area contributed by atoms with E-state index in [1.54, 1.807) is 19.5 Å². The summed E-state index contributed by atoms with van der Waals surface area (Å²) in [5.74, 6) is 2.96. The SMILES string of the molecule is COc1cccc(C2CN(c3cncc(OCC4CCCC4)n3)CCO2)c1. The molecule has 1 aliphatic carbocycles. The van der Waals surface area contributed by atoms with E-state index in [2.05, 4.69) is 20.9 Å². The van der Waals surface area contributed by atoms with E-state index >= 15 is 0 Å². The summed E-state index contributed by atoms with van der Waals surface area (Å²) in [5, 5.41) is 0. The van der Waals surface area contributed by atoms with Gasteiger partial charge >= 0.3 is 0 Å². The minimum absolute atomic E-state index is 0.0151. The fraction of sp³-hybridized carbons (Fsp3) is 0.524. The molecular weight excluding hydrogens is 342 g/mol. The highest BCUT2D eigenvalue weighted by atomic mass is 16.5. The number of nitrogens with zero attached hydrogens (tertiary/aromatic N) is 3. The van der Waals surface area contributed by atoms with Gasteiger partial charge in [-0.1, -0.05) is 25.0 Å². The summed E-state index contributed by atoms with van der Waals surface area (Å²) in [4.78, 5) is 11.2. The minimum Gasteiger partial charge on any atom is -0.497 e. The molecule has 2 heterocycles. The maximum atomic E-state index is 5.98. The first-order valence-corrected chi connectivity index (χ1v) is 9.77. The molecule has 2 aliphatic rings. The topological polar surface area (TPSA) is 56.7 Å². The summed E-state index contributed by atoms with van der Waals surface area (Å²) in [5.41, 5.74) is 1.11. The lowest BCUT2D eigenvalue weighted by Gasteiger charge is -2.34. The second-order valence-corrected chi connectivity index (χ2v) is 7.26. The summed E-state index contributed by atoms with van der Waals surface area (Å²) in [6, 6.07) is 8.04. The lowest BCUT2D eigenvalue weighted by atomic mass is 10.1. The molecule has 1 saturated heterocycles. The van der Waals surface area contributed by atoms with Gasteiger partial charge in [0.15, 0.2) is 5.82 Å². The number of aromatic nitrogens is 2. The van der Waals surface area contributed by atoms with Crippen molar-refractivity contribution < 1.29 is 14.2 Å². The molecule has 27 heavy (non-hydrogen) atoms. The van der Waals surface area contributed by atoms with Crippen LogP contribution in [-0.4, -0.2) is 43.4 Å². The molecule has 0 N–H and O–H groups in total. The molecule has 6 heteroatoms. The third kappa shape index (κ3) is 4.50. The Morgan fingerprint density at radius 2 is 2.11 bits per heavy atom. The van der Waals surface area contributed by atoms with E-state index in [9.17, 15) is 0 Å². The van der Waals surface area contributed by atoms with Crippen molar-refractivity contribution in [1.29, 1.82) is 0 Å². The molecule has 1 unspecified atom stereocenters. The Kier molecular flexibility index (Phi) is 5.72. The first-order chi connectivity index (χ1) is 13.3. The van der Waals surface area contributed by atoms with Gasteiger partial charge in [-0.3, -0.25) is 4.98 Å². The van der Waals surface area contributed by atoms with Crippen molar-refractivity contribution in [2.75, 3.05) is 38.3 Å². The number of ether oxygens (including phenoxy) is 3. The zero-order valence-corrected chi connectivity index (χ0v) is 15.8. The van der Waals surface area contributed by atoms with Gasteiger partial charge in [-0.15, -0.1) is 0 Å². The van der Waals surface area contributed by atoms with E-state index in [4.69, 9.17) is 14.2 Å². The molecule has 0 amide bonds. The number of hydrogen-bond acceptors (Lipinski definition) is 6. The molecule has 1 saturated carbocycles. The van der Waals surface area contributed by atoms with Crippen molar-refractivity contribution in [1.82, 2.24) is 9.97 Å². The zero-order valence-electron chi connectivity index (χ0n) is 15.8. The van der Waals surface area contributed by atoms with Gasteiger partial charge in [0.05, 0.1) is 32.7 Å². The molecule has 1 aromatic heterocycles. The van der Waals surface area contributed by atoms with Crippen LogP contribution in [0.4, 0.5) is 5.82 Å².